The van der Waals surface area contributed by atoms with Crippen LogP contribution in [0.15, 0.2) is 18.2 Å². The van der Waals surface area contributed by atoms with Gasteiger partial charge in [0.15, 0.2) is 0 Å². The highest BCUT2D eigenvalue weighted by Gasteiger charge is 2.31. The van der Waals surface area contributed by atoms with Gasteiger partial charge < -0.3 is 4.90 Å². The molecule has 21 heavy (non-hydrogen) atoms. The second kappa shape index (κ2) is 5.87. The third-order valence-corrected chi connectivity index (χ3v) is 4.47. The zero-order valence-corrected chi connectivity index (χ0v) is 13.3. The second-order valence-electron chi connectivity index (χ2n) is 6.20. The van der Waals surface area contributed by atoms with Crippen LogP contribution in [-0.2, 0) is 0 Å². The Labute approximate surface area is 127 Å². The van der Waals surface area contributed by atoms with E-state index in [1.165, 1.54) is 0 Å². The van der Waals surface area contributed by atoms with Gasteiger partial charge in [-0.1, -0.05) is 12.1 Å². The highest BCUT2D eigenvalue weighted by Crippen LogP contribution is 2.19. The molecular formula is C17H23N3O. The molecule has 0 radical (unpaired) electrons. The molecule has 4 heteroatoms. The SMILES string of the molecule is Cc1cccc(C(=O)N2CCN(C(C)(C)C#N)CC2)c1C. The Balaban J connectivity index is 2.08. The number of carbonyl (C=O) groups is 1. The summed E-state index contributed by atoms with van der Waals surface area (Å²) < 4.78 is 0. The number of rotatable bonds is 2. The molecule has 0 bridgehead atoms. The van der Waals surface area contributed by atoms with Gasteiger partial charge in [-0.3, -0.25) is 9.69 Å². The first-order valence-electron chi connectivity index (χ1n) is 7.38. The van der Waals surface area contributed by atoms with Gasteiger partial charge in [0.05, 0.1) is 6.07 Å². The first-order valence-corrected chi connectivity index (χ1v) is 7.38. The van der Waals surface area contributed by atoms with E-state index in [0.717, 1.165) is 29.8 Å². The number of hydrogen-bond acceptors (Lipinski definition) is 3. The maximum atomic E-state index is 12.6. The molecule has 0 atom stereocenters. The van der Waals surface area contributed by atoms with Gasteiger partial charge in [-0.05, 0) is 44.9 Å². The van der Waals surface area contributed by atoms with Crippen molar-refractivity contribution >= 4 is 5.91 Å². The lowest BCUT2D eigenvalue weighted by molar-refractivity contribution is 0.0520. The molecule has 0 spiro atoms. The number of piperazine rings is 1. The minimum atomic E-state index is -0.464. The summed E-state index contributed by atoms with van der Waals surface area (Å²) in [5.41, 5.74) is 2.53. The average Bonchev–Trinajstić information content (AvgIpc) is 2.49. The van der Waals surface area contributed by atoms with Crippen LogP contribution in [-0.4, -0.2) is 47.4 Å². The van der Waals surface area contributed by atoms with Crippen LogP contribution in [0.25, 0.3) is 0 Å². The van der Waals surface area contributed by atoms with E-state index < -0.39 is 5.54 Å². The third kappa shape index (κ3) is 3.08. The van der Waals surface area contributed by atoms with Gasteiger partial charge in [-0.25, -0.2) is 0 Å². The fourth-order valence-corrected chi connectivity index (χ4v) is 2.69. The topological polar surface area (TPSA) is 47.3 Å². The molecule has 1 aromatic carbocycles. The molecular weight excluding hydrogens is 262 g/mol. The first kappa shape index (κ1) is 15.5. The number of hydrogen-bond donors (Lipinski definition) is 0. The molecule has 0 unspecified atom stereocenters. The zero-order valence-electron chi connectivity index (χ0n) is 13.3. The highest BCUT2D eigenvalue weighted by atomic mass is 16.2. The van der Waals surface area contributed by atoms with Gasteiger partial charge >= 0.3 is 0 Å². The number of benzene rings is 1. The van der Waals surface area contributed by atoms with Crippen molar-refractivity contribution in [1.29, 1.82) is 5.26 Å². The summed E-state index contributed by atoms with van der Waals surface area (Å²) in [5, 5.41) is 9.19. The van der Waals surface area contributed by atoms with Crippen molar-refractivity contribution in [1.82, 2.24) is 9.80 Å². The lowest BCUT2D eigenvalue weighted by atomic mass is 10.0. The quantitative estimate of drug-likeness (QED) is 0.838. The van der Waals surface area contributed by atoms with Crippen LogP contribution in [0.3, 0.4) is 0 Å². The minimum absolute atomic E-state index is 0.102. The molecule has 0 aliphatic carbocycles. The summed E-state index contributed by atoms with van der Waals surface area (Å²) in [6, 6.07) is 8.19. The molecule has 1 fully saturated rings. The first-order chi connectivity index (χ1) is 9.86. The van der Waals surface area contributed by atoms with Crippen LogP contribution in [0, 0.1) is 25.2 Å². The summed E-state index contributed by atoms with van der Waals surface area (Å²) in [4.78, 5) is 16.7. The summed E-state index contributed by atoms with van der Waals surface area (Å²) in [5.74, 6) is 0.102. The zero-order chi connectivity index (χ0) is 15.6. The fourth-order valence-electron chi connectivity index (χ4n) is 2.69. The van der Waals surface area contributed by atoms with Crippen molar-refractivity contribution < 1.29 is 4.79 Å². The molecule has 1 saturated heterocycles. The van der Waals surface area contributed by atoms with Gasteiger partial charge in [-0.2, -0.15) is 5.26 Å². The summed E-state index contributed by atoms with van der Waals surface area (Å²) >= 11 is 0. The van der Waals surface area contributed by atoms with E-state index in [1.54, 1.807) is 0 Å². The number of nitriles is 1. The van der Waals surface area contributed by atoms with Crippen LogP contribution in [0.2, 0.25) is 0 Å². The van der Waals surface area contributed by atoms with E-state index in [9.17, 15) is 10.1 Å². The Morgan fingerprint density at radius 1 is 1.19 bits per heavy atom. The van der Waals surface area contributed by atoms with Crippen molar-refractivity contribution in [2.45, 2.75) is 33.2 Å². The lowest BCUT2D eigenvalue weighted by Gasteiger charge is -2.40. The molecule has 0 N–H and O–H groups in total. The lowest BCUT2D eigenvalue weighted by Crippen LogP contribution is -2.55. The monoisotopic (exact) mass is 285 g/mol. The second-order valence-corrected chi connectivity index (χ2v) is 6.20. The average molecular weight is 285 g/mol. The molecule has 1 aliphatic heterocycles. The number of amides is 1. The Bertz CT molecular complexity index is 578. The Morgan fingerprint density at radius 2 is 1.81 bits per heavy atom. The normalized spacial score (nSPS) is 16.6. The third-order valence-electron chi connectivity index (χ3n) is 4.47. The van der Waals surface area contributed by atoms with Crippen molar-refractivity contribution in [2.24, 2.45) is 0 Å². The van der Waals surface area contributed by atoms with E-state index in [2.05, 4.69) is 11.0 Å². The molecule has 1 amide bonds. The summed E-state index contributed by atoms with van der Waals surface area (Å²) in [7, 11) is 0. The molecule has 112 valence electrons. The van der Waals surface area contributed by atoms with E-state index in [4.69, 9.17) is 0 Å². The van der Waals surface area contributed by atoms with Gasteiger partial charge in [-0.15, -0.1) is 0 Å². The van der Waals surface area contributed by atoms with Crippen LogP contribution >= 0.6 is 0 Å². The molecule has 1 heterocycles. The van der Waals surface area contributed by atoms with Crippen molar-refractivity contribution in [2.75, 3.05) is 26.2 Å². The minimum Gasteiger partial charge on any atom is -0.336 e. The summed E-state index contributed by atoms with van der Waals surface area (Å²) in [6.45, 7) is 10.7. The highest BCUT2D eigenvalue weighted by molar-refractivity contribution is 5.96. The molecule has 0 saturated carbocycles. The van der Waals surface area contributed by atoms with E-state index in [1.807, 2.05) is 50.8 Å². The van der Waals surface area contributed by atoms with E-state index in [0.29, 0.717) is 13.1 Å². The van der Waals surface area contributed by atoms with Gasteiger partial charge in [0.2, 0.25) is 0 Å². The maximum absolute atomic E-state index is 12.6. The van der Waals surface area contributed by atoms with Gasteiger partial charge in [0.1, 0.15) is 5.54 Å². The number of carbonyl (C=O) groups excluding carboxylic acids is 1. The van der Waals surface area contributed by atoms with E-state index in [-0.39, 0.29) is 5.91 Å². The van der Waals surface area contributed by atoms with Crippen molar-refractivity contribution in [3.05, 3.63) is 34.9 Å². The van der Waals surface area contributed by atoms with Crippen LogP contribution in [0.1, 0.15) is 35.3 Å². The molecule has 1 aliphatic rings. The fraction of sp³-hybridized carbons (Fsp3) is 0.529. The van der Waals surface area contributed by atoms with Crippen LogP contribution < -0.4 is 0 Å². The molecule has 4 nitrogen and oxygen atoms in total. The summed E-state index contributed by atoms with van der Waals surface area (Å²) in [6.07, 6.45) is 0. The molecule has 2 rings (SSSR count). The molecule has 1 aromatic rings. The standard InChI is InChI=1S/C17H23N3O/c1-13-6-5-7-15(14(13)2)16(21)19-8-10-20(11-9-19)17(3,4)12-18/h5-7H,8-11H2,1-4H3. The maximum Gasteiger partial charge on any atom is 0.254 e. The van der Waals surface area contributed by atoms with Crippen molar-refractivity contribution in [3.8, 4) is 6.07 Å². The van der Waals surface area contributed by atoms with Gasteiger partial charge in [0, 0.05) is 31.7 Å². The van der Waals surface area contributed by atoms with Crippen LogP contribution in [0.5, 0.6) is 0 Å². The molecule has 0 aromatic heterocycles. The predicted molar refractivity (Wildman–Crippen MR) is 83.1 cm³/mol. The largest absolute Gasteiger partial charge is 0.336 e. The number of aryl methyl sites for hydroxylation is 1. The Hall–Kier alpha value is -1.86. The smallest absolute Gasteiger partial charge is 0.254 e. The Morgan fingerprint density at radius 3 is 2.38 bits per heavy atom. The number of nitrogens with zero attached hydrogens (tertiary/aromatic N) is 3. The van der Waals surface area contributed by atoms with E-state index >= 15 is 0 Å². The Kier molecular flexibility index (Phi) is 4.34. The van der Waals surface area contributed by atoms with Crippen LogP contribution in [0.4, 0.5) is 0 Å². The van der Waals surface area contributed by atoms with Gasteiger partial charge in [0.25, 0.3) is 5.91 Å². The van der Waals surface area contributed by atoms with Crippen molar-refractivity contribution in [3.63, 3.8) is 0 Å². The predicted octanol–water partition coefficient (Wildman–Crippen LogP) is 2.36.